The number of anilines is 1. The van der Waals surface area contributed by atoms with Crippen LogP contribution >= 0.6 is 17.6 Å². The molecule has 1 unspecified atom stereocenters. The Hall–Kier alpha value is -1.23. The molecule has 0 aromatic carbocycles. The molecule has 248 valence electrons. The second kappa shape index (κ2) is 19.3. The molecule has 0 amide bonds. The van der Waals surface area contributed by atoms with Gasteiger partial charge in [-0.15, -0.1) is 0 Å². The van der Waals surface area contributed by atoms with Crippen LogP contribution in [0.5, 0.6) is 0 Å². The van der Waals surface area contributed by atoms with E-state index in [1.54, 1.807) is 17.8 Å². The fraction of sp³-hybridized carbons (Fsp3) is 0.839. The van der Waals surface area contributed by atoms with Crippen molar-refractivity contribution in [3.05, 3.63) is 12.7 Å². The van der Waals surface area contributed by atoms with Gasteiger partial charge < -0.3 is 29.2 Å². The number of aromatic nitrogens is 4. The summed E-state index contributed by atoms with van der Waals surface area (Å²) >= 11 is 0. The number of nitrogen functional groups attached to an aromatic ring is 1. The molecule has 2 aromatic heterocycles. The Labute approximate surface area is 261 Å². The van der Waals surface area contributed by atoms with E-state index in [2.05, 4.69) is 27.5 Å². The lowest BCUT2D eigenvalue weighted by Crippen LogP contribution is -2.22. The minimum Gasteiger partial charge on any atom is -0.382 e. The van der Waals surface area contributed by atoms with Crippen molar-refractivity contribution in [2.75, 3.05) is 50.2 Å². The highest BCUT2D eigenvalue weighted by atomic mass is 32.3. The first-order valence-corrected chi connectivity index (χ1v) is 20.9. The second-order valence-corrected chi connectivity index (χ2v) is 18.8. The number of nitrogens with two attached hydrogens (primary N) is 1. The molecule has 2 atom stereocenters. The molecule has 0 radical (unpaired) electrons. The van der Waals surface area contributed by atoms with E-state index in [4.69, 9.17) is 19.7 Å². The van der Waals surface area contributed by atoms with Crippen LogP contribution in [0.3, 0.4) is 0 Å². The zero-order valence-electron chi connectivity index (χ0n) is 27.0. The Morgan fingerprint density at radius 3 is 2.30 bits per heavy atom. The molecule has 2 aromatic rings. The van der Waals surface area contributed by atoms with Crippen molar-refractivity contribution in [3.63, 3.8) is 0 Å². The molecule has 10 nitrogen and oxygen atoms in total. The van der Waals surface area contributed by atoms with E-state index in [1.165, 1.54) is 95.6 Å². The minimum absolute atomic E-state index is 0.0628. The third-order valence-electron chi connectivity index (χ3n) is 8.59. The van der Waals surface area contributed by atoms with Crippen molar-refractivity contribution in [1.82, 2.24) is 19.5 Å². The highest BCUT2D eigenvalue weighted by Crippen LogP contribution is 2.51. The smallest absolute Gasteiger partial charge is 0.353 e. The van der Waals surface area contributed by atoms with Gasteiger partial charge in [0.25, 0.3) is 0 Å². The molecule has 0 aliphatic heterocycles. The molecule has 1 saturated carbocycles. The van der Waals surface area contributed by atoms with E-state index >= 15 is 0 Å². The number of imidazole rings is 1. The predicted molar refractivity (Wildman–Crippen MR) is 179 cm³/mol. The molecule has 12 heteroatoms. The predicted octanol–water partition coefficient (Wildman–Crippen LogP) is 7.29. The summed E-state index contributed by atoms with van der Waals surface area (Å²) in [6.07, 6.45) is 27.8. The van der Waals surface area contributed by atoms with E-state index in [0.29, 0.717) is 36.7 Å². The summed E-state index contributed by atoms with van der Waals surface area (Å²) in [5, 5.41) is 1.04. The van der Waals surface area contributed by atoms with Gasteiger partial charge in [0.05, 0.1) is 32.2 Å². The third-order valence-corrected chi connectivity index (χ3v) is 13.3. The summed E-state index contributed by atoms with van der Waals surface area (Å²) in [6, 6.07) is 0. The molecule has 3 N–H and O–H groups in total. The topological polar surface area (TPSA) is 135 Å². The molecule has 0 spiro atoms. The van der Waals surface area contributed by atoms with E-state index < -0.39 is 13.9 Å². The molecule has 1 aliphatic carbocycles. The summed E-state index contributed by atoms with van der Waals surface area (Å²) < 4.78 is 30.4. The molecule has 2 heterocycles. The Balaban J connectivity index is 1.09. The molecule has 1 fully saturated rings. The number of hydrogen-bond acceptors (Lipinski definition) is 8. The first kappa shape index (κ1) is 36.2. The van der Waals surface area contributed by atoms with E-state index in [9.17, 15) is 9.46 Å². The second-order valence-electron chi connectivity index (χ2n) is 12.6. The summed E-state index contributed by atoms with van der Waals surface area (Å²) in [6.45, 7) is 3.21. The van der Waals surface area contributed by atoms with Crippen molar-refractivity contribution < 1.29 is 23.5 Å². The Morgan fingerprint density at radius 2 is 1.60 bits per heavy atom. The van der Waals surface area contributed by atoms with Crippen molar-refractivity contribution in [1.29, 1.82) is 0 Å². The van der Waals surface area contributed by atoms with Crippen LogP contribution < -0.4 is 5.73 Å². The van der Waals surface area contributed by atoms with Crippen LogP contribution in [-0.4, -0.2) is 80.2 Å². The quantitative estimate of drug-likeness (QED) is 0.0945. The normalized spacial score (nSPS) is 17.3. The first-order valence-electron chi connectivity index (χ1n) is 16.4. The molecule has 1 aliphatic rings. The molecule has 3 rings (SSSR count). The van der Waals surface area contributed by atoms with E-state index in [1.807, 2.05) is 0 Å². The van der Waals surface area contributed by atoms with Crippen LogP contribution in [0.1, 0.15) is 103 Å². The lowest BCUT2D eigenvalue weighted by Gasteiger charge is -2.42. The van der Waals surface area contributed by atoms with Gasteiger partial charge in [0.2, 0.25) is 0 Å². The number of hydrogen-bond donors (Lipinski definition) is 2. The van der Waals surface area contributed by atoms with Crippen LogP contribution in [-0.2, 0) is 25.1 Å². The van der Waals surface area contributed by atoms with Crippen LogP contribution in [0.4, 0.5) is 5.82 Å². The standard InChI is InChI=1S/C31H58N5O5PS/c1-27(23-36-25-35-29-30(32)33-24-34-31(29)36)40-26-42(37,38)41-21-20-39-19-15-10-8-6-4-5-7-9-11-16-22-43(2,3)28-17-13-12-14-18-28/h24-25,27-28H,4-23,26H2,1-3H3,(H,37,38)(H2,32,33,34)/t27-/m1/s1. The third kappa shape index (κ3) is 13.7. The zero-order valence-corrected chi connectivity index (χ0v) is 28.7. The van der Waals surface area contributed by atoms with Gasteiger partial charge in [-0.05, 0) is 56.1 Å². The maximum atomic E-state index is 12.3. The molecule has 0 bridgehead atoms. The van der Waals surface area contributed by atoms with Gasteiger partial charge in [-0.3, -0.25) is 4.57 Å². The fourth-order valence-corrected chi connectivity index (χ4v) is 9.69. The Kier molecular flexibility index (Phi) is 16.3. The average molecular weight is 644 g/mol. The number of rotatable bonds is 23. The zero-order chi connectivity index (χ0) is 31.0. The summed E-state index contributed by atoms with van der Waals surface area (Å²) in [4.78, 5) is 22.4. The van der Waals surface area contributed by atoms with Gasteiger partial charge in [0, 0.05) is 6.61 Å². The lowest BCUT2D eigenvalue weighted by molar-refractivity contribution is 0.0610. The van der Waals surface area contributed by atoms with E-state index in [0.717, 1.165) is 18.1 Å². The number of fused-ring (bicyclic) bond motifs is 1. The van der Waals surface area contributed by atoms with Crippen molar-refractivity contribution in [2.45, 2.75) is 121 Å². The largest absolute Gasteiger partial charge is 0.382 e. The lowest BCUT2D eigenvalue weighted by atomic mass is 10.0. The van der Waals surface area contributed by atoms with Crippen LogP contribution in [0.15, 0.2) is 12.7 Å². The van der Waals surface area contributed by atoms with Gasteiger partial charge in [-0.2, -0.15) is 0 Å². The monoisotopic (exact) mass is 643 g/mol. The maximum Gasteiger partial charge on any atom is 0.353 e. The maximum absolute atomic E-state index is 12.3. The SMILES string of the molecule is C[C@H](Cn1cnc2c(N)ncnc21)OCP(=O)(O)OCCOCCCCCCCCCCCCS(C)(C)C1CCCCC1. The molecular weight excluding hydrogens is 585 g/mol. The van der Waals surface area contributed by atoms with Crippen molar-refractivity contribution >= 4 is 34.6 Å². The number of unbranched alkanes of at least 4 members (excludes halogenated alkanes) is 9. The van der Waals surface area contributed by atoms with Crippen molar-refractivity contribution in [2.24, 2.45) is 0 Å². The highest BCUT2D eigenvalue weighted by molar-refractivity contribution is 8.33. The molecular formula is C31H58N5O5PS. The Morgan fingerprint density at radius 1 is 0.953 bits per heavy atom. The highest BCUT2D eigenvalue weighted by Gasteiger charge is 2.25. The van der Waals surface area contributed by atoms with Crippen LogP contribution in [0.2, 0.25) is 0 Å². The van der Waals surface area contributed by atoms with Gasteiger partial charge in [0.15, 0.2) is 11.5 Å². The van der Waals surface area contributed by atoms with Gasteiger partial charge in [-0.1, -0.05) is 70.6 Å². The van der Waals surface area contributed by atoms with Crippen molar-refractivity contribution in [3.8, 4) is 0 Å². The average Bonchev–Trinajstić information content (AvgIpc) is 3.40. The molecule has 43 heavy (non-hydrogen) atoms. The fourth-order valence-electron chi connectivity index (χ4n) is 5.92. The summed E-state index contributed by atoms with van der Waals surface area (Å²) in [5.74, 6) is 1.79. The minimum atomic E-state index is -3.86. The molecule has 0 saturated heterocycles. The Bertz CT molecular complexity index is 1100. The number of nitrogens with zero attached hydrogens (tertiary/aromatic N) is 4. The summed E-state index contributed by atoms with van der Waals surface area (Å²) in [7, 11) is -4.25. The summed E-state index contributed by atoms with van der Waals surface area (Å²) in [5.41, 5.74) is 6.93. The number of ether oxygens (including phenoxy) is 2. The van der Waals surface area contributed by atoms with Gasteiger partial charge in [0.1, 0.15) is 18.2 Å². The van der Waals surface area contributed by atoms with Gasteiger partial charge in [-0.25, -0.2) is 25.0 Å². The van der Waals surface area contributed by atoms with Gasteiger partial charge >= 0.3 is 7.60 Å². The first-order chi connectivity index (χ1) is 20.7. The van der Waals surface area contributed by atoms with Crippen LogP contribution in [0.25, 0.3) is 11.2 Å². The van der Waals surface area contributed by atoms with E-state index in [-0.39, 0.29) is 22.7 Å². The van der Waals surface area contributed by atoms with Crippen LogP contribution in [0, 0.1) is 0 Å².